The highest BCUT2D eigenvalue weighted by molar-refractivity contribution is 5.25. The smallest absolute Gasteiger partial charge is 0.00198 e. The van der Waals surface area contributed by atoms with Crippen LogP contribution in [0.4, 0.5) is 0 Å². The number of likely N-dealkylation sites (N-methyl/N-ethyl adjacent to an activating group) is 1. The first-order valence-electron chi connectivity index (χ1n) is 7.02. The molecule has 1 nitrogen and oxygen atoms in total. The molecule has 1 aromatic carbocycles. The Morgan fingerprint density at radius 2 is 1.76 bits per heavy atom. The van der Waals surface area contributed by atoms with Crippen molar-refractivity contribution in [2.45, 2.75) is 44.9 Å². The fourth-order valence-electron chi connectivity index (χ4n) is 3.13. The number of benzene rings is 1. The van der Waals surface area contributed by atoms with E-state index in [1.807, 2.05) is 0 Å². The molecular formula is C16H25N. The number of rotatable bonds is 4. The van der Waals surface area contributed by atoms with Crippen molar-refractivity contribution in [3.8, 4) is 0 Å². The SMILES string of the molecule is CNCC(c1ccc(C)cc1)C1CCCCC1. The normalized spacial score (nSPS) is 19.2. The minimum absolute atomic E-state index is 0.709. The van der Waals surface area contributed by atoms with Crippen molar-refractivity contribution in [3.63, 3.8) is 0 Å². The summed E-state index contributed by atoms with van der Waals surface area (Å²) in [5, 5.41) is 3.38. The minimum Gasteiger partial charge on any atom is -0.319 e. The zero-order valence-corrected chi connectivity index (χ0v) is 11.2. The molecule has 1 fully saturated rings. The van der Waals surface area contributed by atoms with Gasteiger partial charge in [0.1, 0.15) is 0 Å². The Bertz CT molecular complexity index is 322. The van der Waals surface area contributed by atoms with Crippen LogP contribution in [0.3, 0.4) is 0 Å². The van der Waals surface area contributed by atoms with E-state index in [4.69, 9.17) is 0 Å². The van der Waals surface area contributed by atoms with Gasteiger partial charge in [0, 0.05) is 6.54 Å². The van der Waals surface area contributed by atoms with Crippen LogP contribution in [-0.2, 0) is 0 Å². The van der Waals surface area contributed by atoms with Gasteiger partial charge in [-0.25, -0.2) is 0 Å². The molecule has 0 radical (unpaired) electrons. The standard InChI is InChI=1S/C16H25N/c1-13-8-10-15(11-9-13)16(12-17-2)14-6-4-3-5-7-14/h8-11,14,16-17H,3-7,12H2,1-2H3. The maximum atomic E-state index is 3.38. The molecule has 0 heterocycles. The highest BCUT2D eigenvalue weighted by Crippen LogP contribution is 2.35. The van der Waals surface area contributed by atoms with Crippen LogP contribution >= 0.6 is 0 Å². The van der Waals surface area contributed by atoms with Crippen LogP contribution in [0.1, 0.15) is 49.1 Å². The summed E-state index contributed by atoms with van der Waals surface area (Å²) >= 11 is 0. The number of hydrogen-bond acceptors (Lipinski definition) is 1. The summed E-state index contributed by atoms with van der Waals surface area (Å²) in [7, 11) is 2.07. The van der Waals surface area contributed by atoms with Gasteiger partial charge in [0.25, 0.3) is 0 Å². The van der Waals surface area contributed by atoms with Gasteiger partial charge in [0.15, 0.2) is 0 Å². The van der Waals surface area contributed by atoms with E-state index in [0.29, 0.717) is 5.92 Å². The van der Waals surface area contributed by atoms with E-state index < -0.39 is 0 Å². The van der Waals surface area contributed by atoms with Crippen molar-refractivity contribution in [3.05, 3.63) is 35.4 Å². The van der Waals surface area contributed by atoms with Crippen molar-refractivity contribution >= 4 is 0 Å². The van der Waals surface area contributed by atoms with Crippen molar-refractivity contribution in [1.82, 2.24) is 5.32 Å². The lowest BCUT2D eigenvalue weighted by molar-refractivity contribution is 0.300. The van der Waals surface area contributed by atoms with Crippen LogP contribution in [0.5, 0.6) is 0 Å². The van der Waals surface area contributed by atoms with Crippen molar-refractivity contribution in [2.75, 3.05) is 13.6 Å². The molecule has 0 aliphatic heterocycles. The summed E-state index contributed by atoms with van der Waals surface area (Å²) in [6.07, 6.45) is 7.13. The first-order valence-corrected chi connectivity index (χ1v) is 7.02. The molecule has 1 saturated carbocycles. The Kier molecular flexibility index (Phi) is 4.61. The molecule has 0 amide bonds. The molecule has 0 bridgehead atoms. The summed E-state index contributed by atoms with van der Waals surface area (Å²) in [6, 6.07) is 9.15. The molecule has 94 valence electrons. The maximum absolute atomic E-state index is 3.38. The third kappa shape index (κ3) is 3.32. The topological polar surface area (TPSA) is 12.0 Å². The number of hydrogen-bond donors (Lipinski definition) is 1. The monoisotopic (exact) mass is 231 g/mol. The Morgan fingerprint density at radius 1 is 1.12 bits per heavy atom. The van der Waals surface area contributed by atoms with E-state index in [0.717, 1.165) is 12.5 Å². The Morgan fingerprint density at radius 3 is 2.35 bits per heavy atom. The molecule has 1 aliphatic carbocycles. The summed E-state index contributed by atoms with van der Waals surface area (Å²) in [6.45, 7) is 3.28. The van der Waals surface area contributed by atoms with Gasteiger partial charge in [0.05, 0.1) is 0 Å². The van der Waals surface area contributed by atoms with E-state index >= 15 is 0 Å². The second-order valence-electron chi connectivity index (χ2n) is 5.47. The molecule has 1 heteroatoms. The molecule has 17 heavy (non-hydrogen) atoms. The third-order valence-corrected chi connectivity index (χ3v) is 4.15. The molecule has 1 aromatic rings. The molecule has 1 aliphatic rings. The Hall–Kier alpha value is -0.820. The lowest BCUT2D eigenvalue weighted by Crippen LogP contribution is -2.25. The third-order valence-electron chi connectivity index (χ3n) is 4.15. The van der Waals surface area contributed by atoms with Gasteiger partial charge in [-0.2, -0.15) is 0 Å². The van der Waals surface area contributed by atoms with Crippen molar-refractivity contribution < 1.29 is 0 Å². The van der Waals surface area contributed by atoms with Gasteiger partial charge in [-0.3, -0.25) is 0 Å². The van der Waals surface area contributed by atoms with Gasteiger partial charge in [-0.1, -0.05) is 49.1 Å². The molecule has 0 aromatic heterocycles. The van der Waals surface area contributed by atoms with Crippen molar-refractivity contribution in [1.29, 1.82) is 0 Å². The lowest BCUT2D eigenvalue weighted by Gasteiger charge is -2.30. The summed E-state index contributed by atoms with van der Waals surface area (Å²) in [5.41, 5.74) is 2.89. The largest absolute Gasteiger partial charge is 0.319 e. The van der Waals surface area contributed by atoms with Gasteiger partial charge >= 0.3 is 0 Å². The lowest BCUT2D eigenvalue weighted by atomic mass is 9.76. The molecule has 1 atom stereocenters. The molecular weight excluding hydrogens is 206 g/mol. The average molecular weight is 231 g/mol. The van der Waals surface area contributed by atoms with Crippen LogP contribution in [-0.4, -0.2) is 13.6 Å². The van der Waals surface area contributed by atoms with E-state index in [1.54, 1.807) is 0 Å². The van der Waals surface area contributed by atoms with Gasteiger partial charge in [-0.05, 0) is 44.2 Å². The zero-order chi connectivity index (χ0) is 12.1. The van der Waals surface area contributed by atoms with Crippen molar-refractivity contribution in [2.24, 2.45) is 5.92 Å². The maximum Gasteiger partial charge on any atom is 0.00198 e. The minimum atomic E-state index is 0.709. The van der Waals surface area contributed by atoms with E-state index in [-0.39, 0.29) is 0 Å². The predicted octanol–water partition coefficient (Wildman–Crippen LogP) is 3.88. The highest BCUT2D eigenvalue weighted by atomic mass is 14.8. The van der Waals surface area contributed by atoms with Gasteiger partial charge in [0.2, 0.25) is 0 Å². The van der Waals surface area contributed by atoms with Crippen LogP contribution in [0, 0.1) is 12.8 Å². The van der Waals surface area contributed by atoms with E-state index in [1.165, 1.54) is 43.2 Å². The number of aryl methyl sites for hydroxylation is 1. The fourth-order valence-corrected chi connectivity index (χ4v) is 3.13. The summed E-state index contributed by atoms with van der Waals surface area (Å²) in [5.74, 6) is 1.60. The van der Waals surface area contributed by atoms with E-state index in [9.17, 15) is 0 Å². The first-order chi connectivity index (χ1) is 8.31. The second kappa shape index (κ2) is 6.20. The fraction of sp³-hybridized carbons (Fsp3) is 0.625. The molecule has 0 saturated heterocycles. The van der Waals surface area contributed by atoms with Gasteiger partial charge in [-0.15, -0.1) is 0 Å². The second-order valence-corrected chi connectivity index (χ2v) is 5.47. The summed E-state index contributed by atoms with van der Waals surface area (Å²) < 4.78 is 0. The summed E-state index contributed by atoms with van der Waals surface area (Å²) in [4.78, 5) is 0. The molecule has 2 rings (SSSR count). The van der Waals surface area contributed by atoms with Crippen LogP contribution in [0.15, 0.2) is 24.3 Å². The first kappa shape index (κ1) is 12.6. The predicted molar refractivity (Wildman–Crippen MR) is 74.4 cm³/mol. The Labute approximate surface area is 106 Å². The quantitative estimate of drug-likeness (QED) is 0.829. The molecule has 1 N–H and O–H groups in total. The van der Waals surface area contributed by atoms with Gasteiger partial charge < -0.3 is 5.32 Å². The van der Waals surface area contributed by atoms with Crippen LogP contribution in [0.25, 0.3) is 0 Å². The molecule has 0 spiro atoms. The van der Waals surface area contributed by atoms with E-state index in [2.05, 4.69) is 43.6 Å². The molecule has 1 unspecified atom stereocenters. The van der Waals surface area contributed by atoms with Crippen LogP contribution in [0.2, 0.25) is 0 Å². The zero-order valence-electron chi connectivity index (χ0n) is 11.2. The highest BCUT2D eigenvalue weighted by Gasteiger charge is 2.24. The van der Waals surface area contributed by atoms with Crippen LogP contribution < -0.4 is 5.32 Å². The number of nitrogens with one attached hydrogen (secondary N) is 1. The average Bonchev–Trinajstić information content (AvgIpc) is 2.38. The Balaban J connectivity index is 2.12.